The van der Waals surface area contributed by atoms with Crippen molar-refractivity contribution in [3.8, 4) is 5.75 Å². The Morgan fingerprint density at radius 2 is 1.73 bits per heavy atom. The van der Waals surface area contributed by atoms with Gasteiger partial charge in [-0.05, 0) is 23.8 Å². The molecular weight excluding hydrogens is 403 g/mol. The molecule has 7 nitrogen and oxygen atoms in total. The molecule has 1 heterocycles. The fourth-order valence-corrected chi connectivity index (χ4v) is 3.31. The Labute approximate surface area is 170 Å². The van der Waals surface area contributed by atoms with Crippen molar-refractivity contribution in [3.63, 3.8) is 0 Å². The van der Waals surface area contributed by atoms with Crippen LogP contribution in [0.2, 0.25) is 0 Å². The zero-order chi connectivity index (χ0) is 21.9. The van der Waals surface area contributed by atoms with Crippen molar-refractivity contribution in [2.24, 2.45) is 0 Å². The van der Waals surface area contributed by atoms with E-state index in [-0.39, 0.29) is 22.9 Å². The van der Waals surface area contributed by atoms with Crippen LogP contribution in [0.25, 0.3) is 0 Å². The predicted molar refractivity (Wildman–Crippen MR) is 102 cm³/mol. The number of alkyl halides is 3. The highest BCUT2D eigenvalue weighted by Gasteiger charge is 2.30. The van der Waals surface area contributed by atoms with E-state index in [1.165, 1.54) is 37.4 Å². The zero-order valence-electron chi connectivity index (χ0n) is 16.2. The second kappa shape index (κ2) is 8.70. The maximum Gasteiger partial charge on any atom is 0.416 e. The van der Waals surface area contributed by atoms with E-state index in [1.807, 2.05) is 4.90 Å². The molecule has 0 spiro atoms. The van der Waals surface area contributed by atoms with E-state index in [1.54, 1.807) is 4.90 Å². The molecule has 0 aromatic heterocycles. The van der Waals surface area contributed by atoms with Gasteiger partial charge in [0.2, 0.25) is 0 Å². The van der Waals surface area contributed by atoms with Crippen LogP contribution in [-0.2, 0) is 12.7 Å². The van der Waals surface area contributed by atoms with E-state index in [0.717, 1.165) is 17.7 Å². The number of benzene rings is 2. The van der Waals surface area contributed by atoms with Gasteiger partial charge in [-0.25, -0.2) is 0 Å². The number of piperazine rings is 1. The number of hydrogen-bond donors (Lipinski definition) is 0. The van der Waals surface area contributed by atoms with Crippen molar-refractivity contribution in [3.05, 3.63) is 69.3 Å². The summed E-state index contributed by atoms with van der Waals surface area (Å²) in [6, 6.07) is 8.90. The fourth-order valence-electron chi connectivity index (χ4n) is 3.31. The van der Waals surface area contributed by atoms with Crippen molar-refractivity contribution in [2.75, 3.05) is 33.3 Å². The first-order chi connectivity index (χ1) is 14.2. The Hall–Kier alpha value is -3.14. The molecule has 0 bridgehead atoms. The highest BCUT2D eigenvalue weighted by molar-refractivity contribution is 5.97. The molecule has 1 aliphatic rings. The zero-order valence-corrected chi connectivity index (χ0v) is 16.2. The number of nitro groups is 1. The monoisotopic (exact) mass is 423 g/mol. The number of hydrogen-bond acceptors (Lipinski definition) is 5. The van der Waals surface area contributed by atoms with Crippen LogP contribution in [0.3, 0.4) is 0 Å². The lowest BCUT2D eigenvalue weighted by Gasteiger charge is -2.35. The maximum absolute atomic E-state index is 12.8. The lowest BCUT2D eigenvalue weighted by Crippen LogP contribution is -2.48. The van der Waals surface area contributed by atoms with E-state index in [0.29, 0.717) is 32.7 Å². The molecule has 0 saturated carbocycles. The van der Waals surface area contributed by atoms with Crippen molar-refractivity contribution in [2.45, 2.75) is 12.7 Å². The fraction of sp³-hybridized carbons (Fsp3) is 0.350. The second-order valence-corrected chi connectivity index (χ2v) is 6.90. The van der Waals surface area contributed by atoms with Gasteiger partial charge in [-0.3, -0.25) is 19.8 Å². The summed E-state index contributed by atoms with van der Waals surface area (Å²) in [6.45, 7) is 2.32. The Morgan fingerprint density at radius 1 is 1.10 bits per heavy atom. The van der Waals surface area contributed by atoms with E-state index >= 15 is 0 Å². The van der Waals surface area contributed by atoms with Gasteiger partial charge in [-0.15, -0.1) is 0 Å². The van der Waals surface area contributed by atoms with Gasteiger partial charge in [-0.1, -0.05) is 12.1 Å². The van der Waals surface area contributed by atoms with Crippen LogP contribution in [0.1, 0.15) is 21.5 Å². The number of halogens is 3. The van der Waals surface area contributed by atoms with Crippen LogP contribution in [0.15, 0.2) is 42.5 Å². The first-order valence-electron chi connectivity index (χ1n) is 9.19. The molecule has 1 amide bonds. The van der Waals surface area contributed by atoms with E-state index < -0.39 is 16.7 Å². The predicted octanol–water partition coefficient (Wildman–Crippen LogP) is 3.58. The van der Waals surface area contributed by atoms with E-state index in [4.69, 9.17) is 4.74 Å². The van der Waals surface area contributed by atoms with Crippen LogP contribution in [0, 0.1) is 10.1 Å². The minimum Gasteiger partial charge on any atom is -0.496 e. The molecule has 0 atom stereocenters. The molecule has 1 aliphatic heterocycles. The number of rotatable bonds is 5. The molecule has 30 heavy (non-hydrogen) atoms. The third kappa shape index (κ3) is 4.88. The summed E-state index contributed by atoms with van der Waals surface area (Å²) in [6.07, 6.45) is -4.36. The molecule has 0 N–H and O–H groups in total. The van der Waals surface area contributed by atoms with Gasteiger partial charge in [0.05, 0.1) is 23.2 Å². The summed E-state index contributed by atoms with van der Waals surface area (Å²) in [5.74, 6) is -0.0949. The quantitative estimate of drug-likeness (QED) is 0.543. The molecule has 0 unspecified atom stereocenters. The smallest absolute Gasteiger partial charge is 0.416 e. The average Bonchev–Trinajstić information content (AvgIpc) is 2.73. The van der Waals surface area contributed by atoms with Gasteiger partial charge in [-0.2, -0.15) is 13.2 Å². The van der Waals surface area contributed by atoms with E-state index in [9.17, 15) is 28.1 Å². The molecular formula is C20H20F3N3O4. The summed E-state index contributed by atoms with van der Waals surface area (Å²) < 4.78 is 43.2. The average molecular weight is 423 g/mol. The summed E-state index contributed by atoms with van der Waals surface area (Å²) in [5.41, 5.74) is -0.00123. The minimum absolute atomic E-state index is 0.128. The molecule has 10 heteroatoms. The number of ether oxygens (including phenoxy) is 1. The normalized spacial score (nSPS) is 15.1. The van der Waals surface area contributed by atoms with Gasteiger partial charge in [0.1, 0.15) is 5.75 Å². The SMILES string of the molecule is COc1ccc([N+](=O)[O-])cc1C(=O)N1CCN(Cc2ccc(C(F)(F)F)cc2)CC1. The number of amides is 1. The summed E-state index contributed by atoms with van der Waals surface area (Å²) in [4.78, 5) is 26.9. The van der Waals surface area contributed by atoms with Crippen LogP contribution in [-0.4, -0.2) is 53.9 Å². The summed E-state index contributed by atoms with van der Waals surface area (Å²) in [7, 11) is 1.39. The molecule has 160 valence electrons. The van der Waals surface area contributed by atoms with Gasteiger partial charge in [0.15, 0.2) is 0 Å². The molecule has 2 aromatic rings. The third-order valence-corrected chi connectivity index (χ3v) is 4.97. The lowest BCUT2D eigenvalue weighted by molar-refractivity contribution is -0.384. The van der Waals surface area contributed by atoms with E-state index in [2.05, 4.69) is 0 Å². The van der Waals surface area contributed by atoms with Crippen molar-refractivity contribution >= 4 is 11.6 Å². The first kappa shape index (κ1) is 21.6. The highest BCUT2D eigenvalue weighted by atomic mass is 19.4. The van der Waals surface area contributed by atoms with Crippen molar-refractivity contribution in [1.82, 2.24) is 9.80 Å². The Bertz CT molecular complexity index is 924. The Balaban J connectivity index is 1.62. The molecule has 3 rings (SSSR count). The molecule has 2 aromatic carbocycles. The number of carbonyl (C=O) groups excluding carboxylic acids is 1. The van der Waals surface area contributed by atoms with Crippen LogP contribution in [0.4, 0.5) is 18.9 Å². The largest absolute Gasteiger partial charge is 0.496 e. The topological polar surface area (TPSA) is 75.9 Å². The maximum atomic E-state index is 12.8. The molecule has 1 fully saturated rings. The van der Waals surface area contributed by atoms with Crippen LogP contribution >= 0.6 is 0 Å². The van der Waals surface area contributed by atoms with Gasteiger partial charge in [0, 0.05) is 44.9 Å². The van der Waals surface area contributed by atoms with Gasteiger partial charge < -0.3 is 9.64 Å². The number of methoxy groups -OCH3 is 1. The van der Waals surface area contributed by atoms with Crippen molar-refractivity contribution in [1.29, 1.82) is 0 Å². The molecule has 1 saturated heterocycles. The number of carbonyl (C=O) groups is 1. The second-order valence-electron chi connectivity index (χ2n) is 6.90. The highest BCUT2D eigenvalue weighted by Crippen LogP contribution is 2.29. The standard InChI is InChI=1S/C20H20F3N3O4/c1-30-18-7-6-16(26(28)29)12-17(18)19(27)25-10-8-24(9-11-25)13-14-2-4-15(5-3-14)20(21,22)23/h2-7,12H,8-11,13H2,1H3. The Morgan fingerprint density at radius 3 is 2.27 bits per heavy atom. The van der Waals surface area contributed by atoms with Gasteiger partial charge >= 0.3 is 6.18 Å². The van der Waals surface area contributed by atoms with Crippen LogP contribution < -0.4 is 4.74 Å². The molecule has 0 aliphatic carbocycles. The minimum atomic E-state index is -4.36. The van der Waals surface area contributed by atoms with Crippen molar-refractivity contribution < 1.29 is 27.6 Å². The lowest BCUT2D eigenvalue weighted by atomic mass is 10.1. The molecule has 0 radical (unpaired) electrons. The van der Waals surface area contributed by atoms with Gasteiger partial charge in [0.25, 0.3) is 11.6 Å². The third-order valence-electron chi connectivity index (χ3n) is 4.97. The number of nitro benzene ring substituents is 1. The first-order valence-corrected chi connectivity index (χ1v) is 9.19. The summed E-state index contributed by atoms with van der Waals surface area (Å²) >= 11 is 0. The number of non-ortho nitro benzene ring substituents is 1. The Kier molecular flexibility index (Phi) is 6.25. The number of nitrogens with zero attached hydrogens (tertiary/aromatic N) is 3. The van der Waals surface area contributed by atoms with Crippen LogP contribution in [0.5, 0.6) is 5.75 Å². The summed E-state index contributed by atoms with van der Waals surface area (Å²) in [5, 5.41) is 11.0.